The average molecular weight is 761 g/mol. The minimum Gasteiger partial charge on any atom is -1.00 e. The monoisotopic (exact) mass is 758 g/mol. The SMILES string of the molecule is CC/[C](c1ccccc1)=[Zr+2](/[C]1=CC(C2(C)CCCCC2)=CC1C)[CH]1c2cc(C)c(C(C)(C)C)cc2-c2cc(C(C)(C)C)c(C)cc21.[Cl-].[Cl-]. The number of allylic oxidation sites excluding steroid dienone is 4. The summed E-state index contributed by atoms with van der Waals surface area (Å²) in [6.07, 6.45) is 13.5. The van der Waals surface area contributed by atoms with Crippen LogP contribution in [0.1, 0.15) is 143 Å². The maximum Gasteiger partial charge on any atom is -1.00 e. The molecule has 1 fully saturated rings. The predicted molar refractivity (Wildman–Crippen MR) is 198 cm³/mol. The van der Waals surface area contributed by atoms with Crippen LogP contribution >= 0.6 is 0 Å². The Morgan fingerprint density at radius 2 is 1.27 bits per heavy atom. The van der Waals surface area contributed by atoms with Gasteiger partial charge in [-0.15, -0.1) is 0 Å². The Bertz CT molecular complexity index is 1680. The number of benzene rings is 3. The summed E-state index contributed by atoms with van der Waals surface area (Å²) in [6, 6.07) is 22.0. The number of aryl methyl sites for hydroxylation is 2. The molecular formula is C45H58Cl2Zr. The molecule has 0 heterocycles. The molecule has 256 valence electrons. The van der Waals surface area contributed by atoms with Gasteiger partial charge in [0.2, 0.25) is 0 Å². The Kier molecular flexibility index (Phi) is 11.9. The van der Waals surface area contributed by atoms with E-state index in [0.717, 1.165) is 6.42 Å². The number of fused-ring (bicyclic) bond motifs is 3. The van der Waals surface area contributed by atoms with Crippen LogP contribution in [0.2, 0.25) is 0 Å². The van der Waals surface area contributed by atoms with Crippen LogP contribution in [0.3, 0.4) is 0 Å². The maximum absolute atomic E-state index is 2.79. The van der Waals surface area contributed by atoms with E-state index in [9.17, 15) is 0 Å². The summed E-state index contributed by atoms with van der Waals surface area (Å²) in [5.74, 6) is 0.519. The number of halogens is 2. The van der Waals surface area contributed by atoms with Gasteiger partial charge >= 0.3 is 291 Å². The predicted octanol–water partition coefficient (Wildman–Crippen LogP) is 6.66. The molecule has 48 heavy (non-hydrogen) atoms. The van der Waals surface area contributed by atoms with Crippen LogP contribution in [0, 0.1) is 25.2 Å². The largest absolute Gasteiger partial charge is 1.00 e. The number of hydrogen-bond donors (Lipinski definition) is 0. The quantitative estimate of drug-likeness (QED) is 0.273. The third kappa shape index (κ3) is 7.14. The van der Waals surface area contributed by atoms with Crippen molar-refractivity contribution in [2.45, 2.75) is 129 Å². The summed E-state index contributed by atoms with van der Waals surface area (Å²) in [6.45, 7) is 26.6. The van der Waals surface area contributed by atoms with Crippen LogP contribution in [0.5, 0.6) is 0 Å². The Morgan fingerprint density at radius 1 is 0.771 bits per heavy atom. The third-order valence-electron chi connectivity index (χ3n) is 11.6. The van der Waals surface area contributed by atoms with Crippen LogP contribution in [0.25, 0.3) is 11.1 Å². The van der Waals surface area contributed by atoms with E-state index in [1.807, 2.05) is 3.28 Å². The zero-order valence-corrected chi connectivity index (χ0v) is 35.5. The van der Waals surface area contributed by atoms with Crippen LogP contribution in [-0.4, -0.2) is 3.21 Å². The van der Waals surface area contributed by atoms with E-state index in [4.69, 9.17) is 0 Å². The molecule has 0 N–H and O–H groups in total. The van der Waals surface area contributed by atoms with E-state index >= 15 is 0 Å². The standard InChI is InChI=1S/C23H29.C13H19.C9H10.2ClH.Zr/c1-14-9-16-11-17-10-15(2)21(23(6,7)8)13-19(17)18(16)12-20(14)22(3,4)5;1-11-6-7-12(10-11)13(2)8-4-3-5-9-13;1-2-6-9-7-4-3-5-8-9;;;/h9-13H,1-8H3;7,10-11H,3-5,8-9H2,1-2H3;3-5,7-8H,2H2,1H3;2*1H;/q;;;;;+2/p-2. The van der Waals surface area contributed by atoms with Crippen molar-refractivity contribution in [2.75, 3.05) is 0 Å². The van der Waals surface area contributed by atoms with Gasteiger partial charge in [-0.2, -0.15) is 0 Å². The van der Waals surface area contributed by atoms with Crippen molar-refractivity contribution in [2.24, 2.45) is 11.3 Å². The van der Waals surface area contributed by atoms with E-state index in [1.54, 1.807) is 19.9 Å². The average Bonchev–Trinajstić information content (AvgIpc) is 3.52. The fraction of sp³-hybridized carbons (Fsp3) is 0.489. The van der Waals surface area contributed by atoms with Gasteiger partial charge in [0.25, 0.3) is 0 Å². The summed E-state index contributed by atoms with van der Waals surface area (Å²) in [4.78, 5) is 0. The molecule has 0 saturated heterocycles. The smallest absolute Gasteiger partial charge is 1.00 e. The Balaban J connectivity index is 0.00000260. The summed E-state index contributed by atoms with van der Waals surface area (Å²) >= 11 is -2.63. The molecule has 1 atom stereocenters. The van der Waals surface area contributed by atoms with Gasteiger partial charge in [-0.25, -0.2) is 0 Å². The van der Waals surface area contributed by atoms with Crippen molar-refractivity contribution >= 4 is 3.21 Å². The van der Waals surface area contributed by atoms with E-state index < -0.39 is 21.3 Å². The van der Waals surface area contributed by atoms with Crippen molar-refractivity contribution in [3.05, 3.63) is 115 Å². The topological polar surface area (TPSA) is 0 Å². The molecule has 0 spiro atoms. The minimum absolute atomic E-state index is 0. The molecule has 0 nitrogen and oxygen atoms in total. The summed E-state index contributed by atoms with van der Waals surface area (Å²) < 4.78 is 4.09. The van der Waals surface area contributed by atoms with Gasteiger partial charge < -0.3 is 24.8 Å². The Labute approximate surface area is 313 Å². The first-order chi connectivity index (χ1) is 21.6. The van der Waals surface area contributed by atoms with Crippen molar-refractivity contribution in [1.82, 2.24) is 0 Å². The molecule has 0 aliphatic heterocycles. The second kappa shape index (κ2) is 14.6. The van der Waals surface area contributed by atoms with Crippen molar-refractivity contribution in [3.8, 4) is 11.1 Å². The second-order valence-corrected chi connectivity index (χ2v) is 23.5. The van der Waals surface area contributed by atoms with Crippen LogP contribution in [0.4, 0.5) is 0 Å². The fourth-order valence-corrected chi connectivity index (χ4v) is 18.8. The number of hydrogen-bond acceptors (Lipinski definition) is 0. The summed E-state index contributed by atoms with van der Waals surface area (Å²) in [5, 5.41) is 0. The molecule has 3 aromatic rings. The van der Waals surface area contributed by atoms with Crippen molar-refractivity contribution in [3.63, 3.8) is 0 Å². The normalized spacial score (nSPS) is 19.0. The van der Waals surface area contributed by atoms with Crippen molar-refractivity contribution in [1.29, 1.82) is 0 Å². The van der Waals surface area contributed by atoms with Gasteiger partial charge in [0, 0.05) is 0 Å². The summed E-state index contributed by atoms with van der Waals surface area (Å²) in [7, 11) is 0. The molecule has 3 heteroatoms. The molecular weight excluding hydrogens is 703 g/mol. The van der Waals surface area contributed by atoms with Gasteiger partial charge in [0.15, 0.2) is 0 Å². The third-order valence-corrected chi connectivity index (χ3v) is 20.7. The molecule has 0 aromatic heterocycles. The Morgan fingerprint density at radius 3 is 1.73 bits per heavy atom. The second-order valence-electron chi connectivity index (χ2n) is 17.2. The van der Waals surface area contributed by atoms with E-state index in [-0.39, 0.29) is 35.6 Å². The van der Waals surface area contributed by atoms with Gasteiger partial charge in [-0.1, -0.05) is 0 Å². The van der Waals surface area contributed by atoms with Crippen LogP contribution in [-0.2, 0) is 32.1 Å². The maximum atomic E-state index is 2.79. The molecule has 1 saturated carbocycles. The van der Waals surface area contributed by atoms with Crippen LogP contribution in [0.15, 0.2) is 75.6 Å². The molecule has 3 aromatic carbocycles. The van der Waals surface area contributed by atoms with E-state index in [0.29, 0.717) is 15.0 Å². The molecule has 3 aliphatic carbocycles. The Hall–Kier alpha value is -1.53. The minimum atomic E-state index is -2.63. The number of rotatable bonds is 5. The first-order valence-electron chi connectivity index (χ1n) is 18.2. The first kappa shape index (κ1) is 39.3. The zero-order chi connectivity index (χ0) is 33.2. The fourth-order valence-electron chi connectivity index (χ4n) is 9.23. The molecule has 3 aliphatic rings. The first-order valence-corrected chi connectivity index (χ1v) is 22.0. The van der Waals surface area contributed by atoms with E-state index in [2.05, 4.69) is 143 Å². The van der Waals surface area contributed by atoms with Crippen molar-refractivity contribution < 1.29 is 46.1 Å². The van der Waals surface area contributed by atoms with Gasteiger partial charge in [0.05, 0.1) is 0 Å². The van der Waals surface area contributed by atoms with Crippen LogP contribution < -0.4 is 24.8 Å². The van der Waals surface area contributed by atoms with E-state index in [1.165, 1.54) is 71.0 Å². The molecule has 0 radical (unpaired) electrons. The summed E-state index contributed by atoms with van der Waals surface area (Å²) in [5.41, 5.74) is 15.9. The molecule has 0 bridgehead atoms. The molecule has 6 rings (SSSR count). The van der Waals surface area contributed by atoms with Gasteiger partial charge in [0.1, 0.15) is 0 Å². The molecule has 1 unspecified atom stereocenters. The zero-order valence-electron chi connectivity index (χ0n) is 31.5. The molecule has 0 amide bonds. The van der Waals surface area contributed by atoms with Gasteiger partial charge in [-0.3, -0.25) is 0 Å². The van der Waals surface area contributed by atoms with Gasteiger partial charge in [-0.05, 0) is 0 Å².